The summed E-state index contributed by atoms with van der Waals surface area (Å²) < 4.78 is 25.0. The predicted molar refractivity (Wildman–Crippen MR) is 62.9 cm³/mol. The number of carboxylic acids is 1. The third-order valence-electron chi connectivity index (χ3n) is 2.54. The predicted octanol–water partition coefficient (Wildman–Crippen LogP) is 2.85. The minimum absolute atomic E-state index is 0.00287. The minimum atomic E-state index is -1.13. The van der Waals surface area contributed by atoms with E-state index >= 15 is 0 Å². The third-order valence-corrected chi connectivity index (χ3v) is 2.54. The molecule has 2 rings (SSSR count). The van der Waals surface area contributed by atoms with Crippen molar-refractivity contribution in [3.05, 3.63) is 35.4 Å². The van der Waals surface area contributed by atoms with Crippen LogP contribution in [0.4, 0.5) is 8.78 Å². The van der Waals surface area contributed by atoms with E-state index < -0.39 is 12.6 Å². The van der Waals surface area contributed by atoms with E-state index in [9.17, 15) is 13.6 Å². The van der Waals surface area contributed by atoms with Crippen LogP contribution in [0.5, 0.6) is 0 Å². The van der Waals surface area contributed by atoms with E-state index in [0.29, 0.717) is 5.52 Å². The van der Waals surface area contributed by atoms with Gasteiger partial charge in [0.15, 0.2) is 0 Å². The van der Waals surface area contributed by atoms with E-state index in [-0.39, 0.29) is 28.8 Å². The number of carboxylic acid groups (broad SMARTS) is 1. The molecule has 2 aromatic rings. The molecule has 2 N–H and O–H groups in total. The lowest BCUT2D eigenvalue weighted by molar-refractivity contribution is 0.0698. The van der Waals surface area contributed by atoms with Crippen molar-refractivity contribution in [3.63, 3.8) is 0 Å². The highest BCUT2D eigenvalue weighted by Crippen LogP contribution is 2.22. The highest BCUT2D eigenvalue weighted by molar-refractivity contribution is 6.01. The van der Waals surface area contributed by atoms with Gasteiger partial charge in [0.25, 0.3) is 0 Å². The van der Waals surface area contributed by atoms with Gasteiger partial charge in [-0.25, -0.2) is 18.6 Å². The Kier molecular flexibility index (Phi) is 3.10. The van der Waals surface area contributed by atoms with Gasteiger partial charge in [-0.1, -0.05) is 0 Å². The van der Waals surface area contributed by atoms with Crippen LogP contribution >= 0.6 is 0 Å². The van der Waals surface area contributed by atoms with Crippen molar-refractivity contribution in [2.45, 2.75) is 6.92 Å². The van der Waals surface area contributed by atoms with Gasteiger partial charge in [0.05, 0.1) is 23.0 Å². The topological polar surface area (TPSA) is 66.0 Å². The average molecular weight is 252 g/mol. The van der Waals surface area contributed by atoms with Crippen LogP contribution in [0.1, 0.15) is 21.7 Å². The molecular formula is C12H10F2N2O2. The van der Waals surface area contributed by atoms with Gasteiger partial charge < -0.3 is 10.1 Å². The summed E-state index contributed by atoms with van der Waals surface area (Å²) in [4.78, 5) is 17.7. The van der Waals surface area contributed by atoms with Crippen molar-refractivity contribution in [2.75, 3.05) is 6.67 Å². The Morgan fingerprint density at radius 3 is 2.83 bits per heavy atom. The summed E-state index contributed by atoms with van der Waals surface area (Å²) in [7, 11) is 0. The fourth-order valence-corrected chi connectivity index (χ4v) is 1.72. The Balaban J connectivity index is 2.71. The number of hydrogen-bond donors (Lipinski definition) is 2. The first-order valence-electron chi connectivity index (χ1n) is 5.16. The number of aryl methyl sites for hydroxylation is 1. The lowest BCUT2D eigenvalue weighted by Crippen LogP contribution is -1.98. The Labute approximate surface area is 101 Å². The normalized spacial score (nSPS) is 12.1. The van der Waals surface area contributed by atoms with Gasteiger partial charge in [-0.15, -0.1) is 0 Å². The fourth-order valence-electron chi connectivity index (χ4n) is 1.72. The number of rotatable bonds is 3. The van der Waals surface area contributed by atoms with Crippen LogP contribution in [-0.2, 0) is 0 Å². The Morgan fingerprint density at radius 2 is 2.28 bits per heavy atom. The molecule has 1 aromatic heterocycles. The lowest BCUT2D eigenvalue weighted by Gasteiger charge is -1.97. The maximum atomic E-state index is 12.5. The third kappa shape index (κ3) is 1.97. The fraction of sp³-hybridized carbons (Fsp3) is 0.167. The summed E-state index contributed by atoms with van der Waals surface area (Å²) in [5.41, 5.74) is 1.11. The second-order valence-electron chi connectivity index (χ2n) is 3.87. The molecule has 6 heteroatoms. The first kappa shape index (κ1) is 12.2. The van der Waals surface area contributed by atoms with Crippen molar-refractivity contribution in [3.8, 4) is 0 Å². The molecule has 4 nitrogen and oxygen atoms in total. The molecule has 0 aliphatic heterocycles. The number of benzene rings is 1. The zero-order valence-corrected chi connectivity index (χ0v) is 9.50. The van der Waals surface area contributed by atoms with Crippen LogP contribution in [0.25, 0.3) is 16.6 Å². The molecule has 94 valence electrons. The van der Waals surface area contributed by atoms with Gasteiger partial charge in [-0.2, -0.15) is 0 Å². The van der Waals surface area contributed by atoms with E-state index in [2.05, 4.69) is 9.97 Å². The van der Waals surface area contributed by atoms with Gasteiger partial charge in [0.2, 0.25) is 0 Å². The molecule has 1 heterocycles. The first-order valence-corrected chi connectivity index (χ1v) is 5.16. The number of imidazole rings is 1. The summed E-state index contributed by atoms with van der Waals surface area (Å²) in [6, 6.07) is 3.13. The largest absolute Gasteiger partial charge is 0.478 e. The van der Waals surface area contributed by atoms with Gasteiger partial charge in [0, 0.05) is 0 Å². The standard InChI is InChI=1S/C12H10F2N2O2/c1-6-2-8(12(17)18)10-9(3-6)15-11(16-10)7(4-13)5-14/h2-4H,5H2,1H3,(H,15,16)(H,17,18). The van der Waals surface area contributed by atoms with Crippen molar-refractivity contribution in [1.82, 2.24) is 9.97 Å². The van der Waals surface area contributed by atoms with E-state index in [1.54, 1.807) is 13.0 Å². The second kappa shape index (κ2) is 4.56. The lowest BCUT2D eigenvalue weighted by atomic mass is 10.1. The molecule has 0 saturated carbocycles. The molecule has 0 bridgehead atoms. The first-order chi connectivity index (χ1) is 8.56. The number of aromatic nitrogens is 2. The molecule has 1 aromatic carbocycles. The van der Waals surface area contributed by atoms with Crippen molar-refractivity contribution < 1.29 is 18.7 Å². The number of aromatic carboxylic acids is 1. The highest BCUT2D eigenvalue weighted by Gasteiger charge is 2.15. The number of halogens is 2. The highest BCUT2D eigenvalue weighted by atomic mass is 19.1. The number of H-pyrrole nitrogens is 1. The zero-order chi connectivity index (χ0) is 13.3. The monoisotopic (exact) mass is 252 g/mol. The van der Waals surface area contributed by atoms with Gasteiger partial charge in [0.1, 0.15) is 18.0 Å². The SMILES string of the molecule is Cc1cc(C(=O)O)c2nc(C(=CF)CF)[nH]c2c1. The van der Waals surface area contributed by atoms with Crippen LogP contribution in [0.2, 0.25) is 0 Å². The summed E-state index contributed by atoms with van der Waals surface area (Å²) in [5.74, 6) is -1.13. The molecule has 0 amide bonds. The van der Waals surface area contributed by atoms with Crippen LogP contribution < -0.4 is 0 Å². The van der Waals surface area contributed by atoms with E-state index in [1.807, 2.05) is 0 Å². The van der Waals surface area contributed by atoms with E-state index in [1.165, 1.54) is 6.07 Å². The van der Waals surface area contributed by atoms with Crippen molar-refractivity contribution in [2.24, 2.45) is 0 Å². The number of allylic oxidation sites excluding steroid dienone is 1. The van der Waals surface area contributed by atoms with E-state index in [0.717, 1.165) is 5.56 Å². The number of nitrogens with zero attached hydrogens (tertiary/aromatic N) is 1. The molecule has 0 unspecified atom stereocenters. The molecule has 0 aliphatic rings. The van der Waals surface area contributed by atoms with E-state index in [4.69, 9.17) is 5.11 Å². The van der Waals surface area contributed by atoms with Crippen LogP contribution in [0.15, 0.2) is 18.5 Å². The summed E-state index contributed by atoms with van der Waals surface area (Å²) in [5, 5.41) is 9.05. The Hall–Kier alpha value is -2.24. The molecule has 0 fully saturated rings. The van der Waals surface area contributed by atoms with Crippen molar-refractivity contribution in [1.29, 1.82) is 0 Å². The number of alkyl halides is 1. The number of hydrogen-bond acceptors (Lipinski definition) is 2. The number of fused-ring (bicyclic) bond motifs is 1. The van der Waals surface area contributed by atoms with Crippen LogP contribution in [0.3, 0.4) is 0 Å². The maximum absolute atomic E-state index is 12.5. The smallest absolute Gasteiger partial charge is 0.337 e. The van der Waals surface area contributed by atoms with Gasteiger partial charge in [-0.05, 0) is 24.6 Å². The van der Waals surface area contributed by atoms with Crippen molar-refractivity contribution >= 4 is 22.6 Å². The Bertz CT molecular complexity index is 647. The van der Waals surface area contributed by atoms with Crippen LogP contribution in [0, 0.1) is 6.92 Å². The molecular weight excluding hydrogens is 242 g/mol. The molecule has 0 saturated heterocycles. The molecule has 0 radical (unpaired) electrons. The van der Waals surface area contributed by atoms with Crippen LogP contribution in [-0.4, -0.2) is 27.7 Å². The summed E-state index contributed by atoms with van der Waals surface area (Å²) >= 11 is 0. The quantitative estimate of drug-likeness (QED) is 0.882. The summed E-state index contributed by atoms with van der Waals surface area (Å²) in [6.45, 7) is 0.713. The molecule has 0 atom stereocenters. The Morgan fingerprint density at radius 1 is 1.56 bits per heavy atom. The molecule has 0 aliphatic carbocycles. The van der Waals surface area contributed by atoms with Gasteiger partial charge >= 0.3 is 5.97 Å². The number of aromatic amines is 1. The zero-order valence-electron chi connectivity index (χ0n) is 9.50. The molecule has 18 heavy (non-hydrogen) atoms. The molecule has 0 spiro atoms. The minimum Gasteiger partial charge on any atom is -0.478 e. The summed E-state index contributed by atoms with van der Waals surface area (Å²) in [6.07, 6.45) is 0.116. The maximum Gasteiger partial charge on any atom is 0.337 e. The van der Waals surface area contributed by atoms with Gasteiger partial charge in [-0.3, -0.25) is 0 Å². The average Bonchev–Trinajstić information content (AvgIpc) is 2.72. The second-order valence-corrected chi connectivity index (χ2v) is 3.87. The number of carbonyl (C=O) groups is 1. The number of nitrogens with one attached hydrogen (secondary N) is 1.